The summed E-state index contributed by atoms with van der Waals surface area (Å²) < 4.78 is 65.6. The maximum absolute atomic E-state index is 13.8. The van der Waals surface area contributed by atoms with Gasteiger partial charge in [-0.1, -0.05) is 139 Å². The molecule has 1 N–H and O–H groups in total. The van der Waals surface area contributed by atoms with Gasteiger partial charge in [0.05, 0.1) is 37.9 Å². The molecule has 1 heterocycles. The highest BCUT2D eigenvalue weighted by atomic mass is 32.2. The van der Waals surface area contributed by atoms with Crippen molar-refractivity contribution in [2.24, 2.45) is 0 Å². The molecule has 0 spiro atoms. The summed E-state index contributed by atoms with van der Waals surface area (Å²) in [4.78, 5) is -0.0229. The van der Waals surface area contributed by atoms with E-state index in [-0.39, 0.29) is 37.9 Å². The summed E-state index contributed by atoms with van der Waals surface area (Å²) in [5.74, 6) is 0. The van der Waals surface area contributed by atoms with Gasteiger partial charge >= 0.3 is 0 Å². The van der Waals surface area contributed by atoms with E-state index < -0.39 is 46.9 Å². The van der Waals surface area contributed by atoms with Crippen molar-refractivity contribution in [1.29, 1.82) is 0 Å². The summed E-state index contributed by atoms with van der Waals surface area (Å²) in [6, 6.07) is 44.7. The van der Waals surface area contributed by atoms with Crippen molar-refractivity contribution in [3.05, 3.63) is 173 Å². The van der Waals surface area contributed by atoms with Gasteiger partial charge in [0.1, 0.15) is 30.5 Å². The summed E-state index contributed by atoms with van der Waals surface area (Å²) in [6.45, 7) is 2.32. The zero-order chi connectivity index (χ0) is 36.2. The quantitative estimate of drug-likeness (QED) is 0.104. The van der Waals surface area contributed by atoms with Gasteiger partial charge in [-0.25, -0.2) is 0 Å². The number of ether oxygens (including phenoxy) is 5. The van der Waals surface area contributed by atoms with Crippen LogP contribution in [-0.2, 0) is 64.4 Å². The van der Waals surface area contributed by atoms with Crippen molar-refractivity contribution in [1.82, 2.24) is 0 Å². The third-order valence-electron chi connectivity index (χ3n) is 8.72. The number of aliphatic hydroxyl groups is 1. The minimum atomic E-state index is -4.33. The molecule has 0 aromatic heterocycles. The lowest BCUT2D eigenvalue weighted by molar-refractivity contribution is -0.323. The van der Waals surface area contributed by atoms with E-state index in [4.69, 9.17) is 27.9 Å². The lowest BCUT2D eigenvalue weighted by Gasteiger charge is -2.46. The molecule has 0 radical (unpaired) electrons. The Kier molecular flexibility index (Phi) is 13.4. The van der Waals surface area contributed by atoms with Gasteiger partial charge in [-0.2, -0.15) is 8.42 Å². The van der Waals surface area contributed by atoms with Crippen molar-refractivity contribution in [2.45, 2.75) is 75.1 Å². The van der Waals surface area contributed by atoms with Crippen LogP contribution in [0.2, 0.25) is 0 Å². The average molecular weight is 725 g/mol. The Bertz CT molecular complexity index is 1880. The molecule has 52 heavy (non-hydrogen) atoms. The maximum Gasteiger partial charge on any atom is 0.297 e. The molecule has 1 saturated heterocycles. The van der Waals surface area contributed by atoms with Crippen LogP contribution in [-0.4, -0.2) is 56.9 Å². The van der Waals surface area contributed by atoms with Crippen LogP contribution in [0.5, 0.6) is 0 Å². The number of aryl methyl sites for hydroxylation is 1. The minimum Gasteiger partial charge on any atom is -0.374 e. The molecule has 0 amide bonds. The molecular formula is C42H44O9S. The largest absolute Gasteiger partial charge is 0.374 e. The summed E-state index contributed by atoms with van der Waals surface area (Å²) in [5.41, 5.74) is 4.45. The molecule has 0 bridgehead atoms. The topological polar surface area (TPSA) is 110 Å². The van der Waals surface area contributed by atoms with E-state index in [9.17, 15) is 13.5 Å². The minimum absolute atomic E-state index is 0.0229. The van der Waals surface area contributed by atoms with E-state index in [0.717, 1.165) is 27.8 Å². The molecule has 0 aliphatic carbocycles. The fraction of sp³-hybridized carbons (Fsp3) is 0.286. The fourth-order valence-corrected chi connectivity index (χ4v) is 7.05. The predicted molar refractivity (Wildman–Crippen MR) is 195 cm³/mol. The average Bonchev–Trinajstić information content (AvgIpc) is 3.17. The standard InChI is InChI=1S/C42H44O9S/c1-31-22-24-36(25-23-31)52(44,45)51-37(30-46-26-32-14-6-2-7-15-32)38-39(47-27-33-16-8-3-9-17-33)40(48-28-34-18-10-4-11-19-34)41(42(43)50-38)49-29-35-20-12-5-13-21-35/h2-25,37-43H,26-30H2,1H3/t37-,38+,39+,40-,41-,42-/m0/s1. The highest BCUT2D eigenvalue weighted by Gasteiger charge is 2.51. The monoisotopic (exact) mass is 724 g/mol. The van der Waals surface area contributed by atoms with Crippen LogP contribution in [0.25, 0.3) is 0 Å². The second-order valence-corrected chi connectivity index (χ2v) is 14.2. The Hall–Kier alpha value is -4.23. The van der Waals surface area contributed by atoms with Crippen LogP contribution in [0.3, 0.4) is 0 Å². The van der Waals surface area contributed by atoms with Crippen LogP contribution in [0, 0.1) is 6.92 Å². The predicted octanol–water partition coefficient (Wildman–Crippen LogP) is 6.76. The fourth-order valence-electron chi connectivity index (χ4n) is 5.98. The smallest absolute Gasteiger partial charge is 0.297 e. The molecule has 0 saturated carbocycles. The van der Waals surface area contributed by atoms with E-state index in [2.05, 4.69) is 0 Å². The molecule has 10 heteroatoms. The van der Waals surface area contributed by atoms with Gasteiger partial charge in [0, 0.05) is 0 Å². The van der Waals surface area contributed by atoms with Crippen LogP contribution in [0.1, 0.15) is 27.8 Å². The Labute approximate surface area is 305 Å². The van der Waals surface area contributed by atoms with Crippen molar-refractivity contribution >= 4 is 10.1 Å². The molecular weight excluding hydrogens is 681 g/mol. The van der Waals surface area contributed by atoms with E-state index >= 15 is 0 Å². The first kappa shape index (κ1) is 37.5. The lowest BCUT2D eigenvalue weighted by atomic mass is 9.94. The van der Waals surface area contributed by atoms with Gasteiger partial charge in [0.15, 0.2) is 6.29 Å². The van der Waals surface area contributed by atoms with E-state index in [1.807, 2.05) is 128 Å². The number of benzene rings is 5. The molecule has 1 fully saturated rings. The summed E-state index contributed by atoms with van der Waals surface area (Å²) in [5, 5.41) is 11.7. The third-order valence-corrected chi connectivity index (χ3v) is 10.1. The Morgan fingerprint density at radius 2 is 1.00 bits per heavy atom. The van der Waals surface area contributed by atoms with E-state index in [1.165, 1.54) is 12.1 Å². The van der Waals surface area contributed by atoms with Crippen LogP contribution < -0.4 is 0 Å². The van der Waals surface area contributed by atoms with Crippen molar-refractivity contribution in [3.63, 3.8) is 0 Å². The second-order valence-electron chi connectivity index (χ2n) is 12.7. The van der Waals surface area contributed by atoms with Gasteiger partial charge in [-0.3, -0.25) is 4.18 Å². The molecule has 5 aromatic rings. The van der Waals surface area contributed by atoms with Gasteiger partial charge in [0.2, 0.25) is 0 Å². The zero-order valence-corrected chi connectivity index (χ0v) is 29.8. The summed E-state index contributed by atoms with van der Waals surface area (Å²) >= 11 is 0. The van der Waals surface area contributed by atoms with Crippen molar-refractivity contribution in [3.8, 4) is 0 Å². The number of aliphatic hydroxyl groups excluding tert-OH is 1. The highest BCUT2D eigenvalue weighted by Crippen LogP contribution is 2.33. The Morgan fingerprint density at radius 3 is 1.48 bits per heavy atom. The van der Waals surface area contributed by atoms with Crippen LogP contribution in [0.4, 0.5) is 0 Å². The molecule has 1 aliphatic rings. The Balaban J connectivity index is 1.35. The summed E-state index contributed by atoms with van der Waals surface area (Å²) in [7, 11) is -4.33. The zero-order valence-electron chi connectivity index (χ0n) is 29.0. The number of hydrogen-bond acceptors (Lipinski definition) is 9. The molecule has 272 valence electrons. The third kappa shape index (κ3) is 10.4. The molecule has 0 unspecified atom stereocenters. The SMILES string of the molecule is Cc1ccc(S(=O)(=O)O[C@@H](COCc2ccccc2)[C@H]2O[C@H](O)[C@@H](OCc3ccccc3)[C@@H](OCc3ccccc3)[C@@H]2OCc2ccccc2)cc1. The highest BCUT2D eigenvalue weighted by molar-refractivity contribution is 7.86. The molecule has 6 rings (SSSR count). The first-order valence-corrected chi connectivity index (χ1v) is 18.7. The second kappa shape index (κ2) is 18.5. The summed E-state index contributed by atoms with van der Waals surface area (Å²) in [6.07, 6.45) is -6.89. The first-order chi connectivity index (χ1) is 25.4. The first-order valence-electron chi connectivity index (χ1n) is 17.3. The molecule has 9 nitrogen and oxygen atoms in total. The van der Waals surface area contributed by atoms with Gasteiger partial charge in [-0.05, 0) is 41.3 Å². The number of hydrogen-bond donors (Lipinski definition) is 1. The van der Waals surface area contributed by atoms with E-state index in [1.54, 1.807) is 12.1 Å². The van der Waals surface area contributed by atoms with Gasteiger partial charge in [0.25, 0.3) is 10.1 Å². The molecule has 1 aliphatic heterocycles. The molecule has 6 atom stereocenters. The Morgan fingerprint density at radius 1 is 0.577 bits per heavy atom. The lowest BCUT2D eigenvalue weighted by Crippen LogP contribution is -2.63. The van der Waals surface area contributed by atoms with Gasteiger partial charge < -0.3 is 28.8 Å². The maximum atomic E-state index is 13.8. The molecule has 5 aromatic carbocycles. The number of rotatable bonds is 17. The van der Waals surface area contributed by atoms with Crippen molar-refractivity contribution < 1.29 is 41.4 Å². The van der Waals surface area contributed by atoms with Gasteiger partial charge in [-0.15, -0.1) is 0 Å². The van der Waals surface area contributed by atoms with E-state index in [0.29, 0.717) is 0 Å². The normalized spacial score (nSPS) is 21.1. The van der Waals surface area contributed by atoms with Crippen LogP contribution >= 0.6 is 0 Å². The van der Waals surface area contributed by atoms with Crippen LogP contribution in [0.15, 0.2) is 150 Å². The van der Waals surface area contributed by atoms with Crippen molar-refractivity contribution in [2.75, 3.05) is 6.61 Å².